The lowest BCUT2D eigenvalue weighted by Crippen LogP contribution is -2.28. The van der Waals surface area contributed by atoms with Gasteiger partial charge in [0, 0.05) is 39.5 Å². The minimum absolute atomic E-state index is 0.144. The van der Waals surface area contributed by atoms with Gasteiger partial charge in [-0.25, -0.2) is 0 Å². The average molecular weight is 635 g/mol. The molecule has 0 radical (unpaired) electrons. The highest BCUT2D eigenvalue weighted by Gasteiger charge is 2.34. The van der Waals surface area contributed by atoms with Crippen LogP contribution in [0.3, 0.4) is 0 Å². The van der Waals surface area contributed by atoms with E-state index in [9.17, 15) is 0 Å². The summed E-state index contributed by atoms with van der Waals surface area (Å²) in [4.78, 5) is 5.11. The molecule has 4 bridgehead atoms. The Morgan fingerprint density at radius 1 is 0.367 bits per heavy atom. The highest BCUT2D eigenvalue weighted by atomic mass is 15.2. The average Bonchev–Trinajstić information content (AvgIpc) is 3.08. The third kappa shape index (κ3) is 4.61. The number of nitrogens with zero attached hydrogens (tertiary/aromatic N) is 2. The van der Waals surface area contributed by atoms with E-state index in [1.807, 2.05) is 0 Å². The zero-order valence-corrected chi connectivity index (χ0v) is 28.5. The molecule has 0 fully saturated rings. The lowest BCUT2D eigenvalue weighted by Gasteiger charge is -2.39. The van der Waals surface area contributed by atoms with Crippen molar-refractivity contribution in [3.05, 3.63) is 178 Å². The molecule has 6 aromatic carbocycles. The molecule has 0 aliphatic carbocycles. The molecule has 6 aliphatic rings. The minimum atomic E-state index is -0.144. The molecule has 0 amide bonds. The Morgan fingerprint density at radius 2 is 0.653 bits per heavy atom. The number of anilines is 6. The van der Waals surface area contributed by atoms with Crippen molar-refractivity contribution in [3.63, 3.8) is 0 Å². The Kier molecular flexibility index (Phi) is 6.47. The van der Waals surface area contributed by atoms with Gasteiger partial charge in [-0.1, -0.05) is 111 Å². The quantitative estimate of drug-likeness (QED) is 0.187. The molecule has 0 N–H and O–H groups in total. The number of hydrogen-bond acceptors (Lipinski definition) is 2. The van der Waals surface area contributed by atoms with Crippen LogP contribution >= 0.6 is 0 Å². The van der Waals surface area contributed by atoms with Crippen molar-refractivity contribution in [2.75, 3.05) is 9.80 Å². The summed E-state index contributed by atoms with van der Waals surface area (Å²) in [5, 5.41) is 0. The first-order valence-corrected chi connectivity index (χ1v) is 18.2. The Bertz CT molecular complexity index is 2000. The Hall–Kier alpha value is -5.08. The molecule has 2 nitrogen and oxygen atoms in total. The zero-order chi connectivity index (χ0) is 32.7. The summed E-state index contributed by atoms with van der Waals surface area (Å²) in [5.74, 6) is 1.13. The molecule has 6 aromatic rings. The van der Waals surface area contributed by atoms with E-state index in [0.717, 1.165) is 38.5 Å². The van der Waals surface area contributed by atoms with E-state index in [2.05, 4.69) is 157 Å². The van der Waals surface area contributed by atoms with E-state index < -0.39 is 0 Å². The van der Waals surface area contributed by atoms with Crippen molar-refractivity contribution in [3.8, 4) is 0 Å². The molecule has 0 saturated heterocycles. The number of benzene rings is 6. The van der Waals surface area contributed by atoms with E-state index in [1.54, 1.807) is 0 Å². The molecule has 0 unspecified atom stereocenters. The normalized spacial score (nSPS) is 16.4. The summed E-state index contributed by atoms with van der Waals surface area (Å²) in [5.41, 5.74) is 19.4. The van der Waals surface area contributed by atoms with Gasteiger partial charge < -0.3 is 9.80 Å². The maximum absolute atomic E-state index is 2.56. The number of hydrogen-bond donors (Lipinski definition) is 0. The van der Waals surface area contributed by atoms with E-state index >= 15 is 0 Å². The molecule has 12 rings (SSSR count). The summed E-state index contributed by atoms with van der Waals surface area (Å²) in [6.07, 6.45) is 6.65. The van der Waals surface area contributed by atoms with Crippen molar-refractivity contribution >= 4 is 34.1 Å². The number of rotatable bonds is 2. The topological polar surface area (TPSA) is 6.48 Å². The lowest BCUT2D eigenvalue weighted by atomic mass is 9.74. The van der Waals surface area contributed by atoms with Gasteiger partial charge in [-0.2, -0.15) is 0 Å². The standard InChI is InChI=1S/C47H42N2/c1-47(2,39-19-21-45-37(29-39)27-31-23-33-11-3-7-15-41(33)48(45)42-16-8-4-12-34(42)24-31)40-20-22-46-38(30-40)28-32-25-35-13-5-9-17-43(35)49(46)44-18-10-6-14-36(44)26-32/h3-22,29-32H,23-28H2,1-2H3. The predicted octanol–water partition coefficient (Wildman–Crippen LogP) is 11.5. The van der Waals surface area contributed by atoms with Gasteiger partial charge in [0.15, 0.2) is 0 Å². The van der Waals surface area contributed by atoms with Crippen LogP contribution in [-0.2, 0) is 43.9 Å². The van der Waals surface area contributed by atoms with E-state index in [-0.39, 0.29) is 5.41 Å². The molecule has 6 aliphatic heterocycles. The third-order valence-corrected chi connectivity index (χ3v) is 12.1. The molecule has 0 atom stereocenters. The molecule has 0 saturated carbocycles. The van der Waals surface area contributed by atoms with Gasteiger partial charge in [0.25, 0.3) is 0 Å². The molecule has 49 heavy (non-hydrogen) atoms. The van der Waals surface area contributed by atoms with Crippen LogP contribution in [0.1, 0.15) is 58.4 Å². The largest absolute Gasteiger partial charge is 0.310 e. The van der Waals surface area contributed by atoms with E-state index in [4.69, 9.17) is 0 Å². The molecular formula is C47H42N2. The van der Waals surface area contributed by atoms with Crippen LogP contribution in [0.4, 0.5) is 34.1 Å². The van der Waals surface area contributed by atoms with Crippen molar-refractivity contribution in [1.82, 2.24) is 0 Å². The first-order chi connectivity index (χ1) is 24.0. The zero-order valence-electron chi connectivity index (χ0n) is 28.5. The highest BCUT2D eigenvalue weighted by molar-refractivity contribution is 5.85. The van der Waals surface area contributed by atoms with Crippen LogP contribution in [0.2, 0.25) is 0 Å². The summed E-state index contributed by atoms with van der Waals surface area (Å²) < 4.78 is 0. The highest BCUT2D eigenvalue weighted by Crippen LogP contribution is 2.50. The predicted molar refractivity (Wildman–Crippen MR) is 204 cm³/mol. The van der Waals surface area contributed by atoms with Crippen molar-refractivity contribution in [2.45, 2.75) is 57.8 Å². The number of para-hydroxylation sites is 4. The van der Waals surface area contributed by atoms with Gasteiger partial charge in [0.05, 0.1) is 0 Å². The SMILES string of the molecule is CC(C)(c1ccc2c(c1)CC1Cc3ccccc3N2c2ccccc2C1)c1ccc2c(c1)CC1Cc3ccccc3N2c2ccccc2C1. The lowest BCUT2D eigenvalue weighted by molar-refractivity contribution is 0.510. The summed E-state index contributed by atoms with van der Waals surface area (Å²) >= 11 is 0. The van der Waals surface area contributed by atoms with Crippen LogP contribution in [-0.4, -0.2) is 0 Å². The van der Waals surface area contributed by atoms with E-state index in [1.165, 1.54) is 78.6 Å². The fourth-order valence-electron chi connectivity index (χ4n) is 9.56. The van der Waals surface area contributed by atoms with E-state index in [0.29, 0.717) is 11.8 Å². The molecule has 6 heterocycles. The van der Waals surface area contributed by atoms with Crippen molar-refractivity contribution in [1.29, 1.82) is 0 Å². The second-order valence-corrected chi connectivity index (χ2v) is 15.5. The monoisotopic (exact) mass is 634 g/mol. The summed E-state index contributed by atoms with van der Waals surface area (Å²) in [6.45, 7) is 4.86. The maximum Gasteiger partial charge on any atom is 0.0494 e. The van der Waals surface area contributed by atoms with Gasteiger partial charge in [0.2, 0.25) is 0 Å². The van der Waals surface area contributed by atoms with Crippen LogP contribution < -0.4 is 9.80 Å². The molecule has 2 heteroatoms. The smallest absolute Gasteiger partial charge is 0.0494 e. The minimum Gasteiger partial charge on any atom is -0.310 e. The fourth-order valence-corrected chi connectivity index (χ4v) is 9.56. The first-order valence-electron chi connectivity index (χ1n) is 18.2. The van der Waals surface area contributed by atoms with Crippen LogP contribution in [0.5, 0.6) is 0 Å². The van der Waals surface area contributed by atoms with Crippen molar-refractivity contribution < 1.29 is 0 Å². The van der Waals surface area contributed by atoms with Crippen LogP contribution in [0.25, 0.3) is 0 Å². The Labute approximate surface area is 290 Å². The van der Waals surface area contributed by atoms with Gasteiger partial charge in [-0.3, -0.25) is 0 Å². The second-order valence-electron chi connectivity index (χ2n) is 15.5. The fraction of sp³-hybridized carbons (Fsp3) is 0.234. The van der Waals surface area contributed by atoms with Gasteiger partial charge in [-0.05, 0) is 131 Å². The second kappa shape index (κ2) is 11.0. The van der Waals surface area contributed by atoms with Gasteiger partial charge >= 0.3 is 0 Å². The third-order valence-electron chi connectivity index (χ3n) is 12.1. The molecule has 0 aromatic heterocycles. The maximum atomic E-state index is 2.56. The summed E-state index contributed by atoms with van der Waals surface area (Å²) in [7, 11) is 0. The molecular weight excluding hydrogens is 593 g/mol. The summed E-state index contributed by atoms with van der Waals surface area (Å²) in [6, 6.07) is 51.1. The van der Waals surface area contributed by atoms with Gasteiger partial charge in [-0.15, -0.1) is 0 Å². The van der Waals surface area contributed by atoms with Crippen LogP contribution in [0.15, 0.2) is 133 Å². The Balaban J connectivity index is 1.09. The van der Waals surface area contributed by atoms with Crippen LogP contribution in [0, 0.1) is 11.8 Å². The first kappa shape index (κ1) is 28.9. The van der Waals surface area contributed by atoms with Crippen molar-refractivity contribution in [2.24, 2.45) is 11.8 Å². The molecule has 240 valence electrons. The Morgan fingerprint density at radius 3 is 1.00 bits per heavy atom. The van der Waals surface area contributed by atoms with Gasteiger partial charge in [0.1, 0.15) is 0 Å². The molecule has 0 spiro atoms.